The highest BCUT2D eigenvalue weighted by Gasteiger charge is 2.11. The average molecular weight is 402 g/mol. The van der Waals surface area contributed by atoms with Crippen molar-refractivity contribution in [3.8, 4) is 0 Å². The molecule has 128 valence electrons. The van der Waals surface area contributed by atoms with Gasteiger partial charge in [-0.15, -0.1) is 0 Å². The second-order valence-electron chi connectivity index (χ2n) is 5.85. The Hall–Kier alpha value is -2.58. The molecule has 0 saturated heterocycles. The van der Waals surface area contributed by atoms with Crippen LogP contribution in [0.2, 0.25) is 0 Å². The molecule has 0 saturated carbocycles. The van der Waals surface area contributed by atoms with E-state index in [1.165, 1.54) is 24.0 Å². The summed E-state index contributed by atoms with van der Waals surface area (Å²) in [5, 5.41) is 14.8. The van der Waals surface area contributed by atoms with Crippen molar-refractivity contribution in [3.05, 3.63) is 62.9 Å². The Morgan fingerprint density at radius 3 is 2.68 bits per heavy atom. The molecule has 1 N–H and O–H groups in total. The Morgan fingerprint density at radius 2 is 2.00 bits per heavy atom. The maximum atomic E-state index is 11.0. The smallest absolute Gasteiger partial charge is 0.270 e. The van der Waals surface area contributed by atoms with Gasteiger partial charge in [0.05, 0.1) is 10.4 Å². The van der Waals surface area contributed by atoms with Crippen LogP contribution in [0.1, 0.15) is 5.56 Å². The zero-order valence-corrected chi connectivity index (χ0v) is 15.3. The number of fused-ring (bicyclic) bond motifs is 1. The third kappa shape index (κ3) is 3.92. The van der Waals surface area contributed by atoms with Crippen LogP contribution >= 0.6 is 15.9 Å². The van der Waals surface area contributed by atoms with E-state index in [9.17, 15) is 10.1 Å². The molecule has 3 aromatic rings. The first kappa shape index (κ1) is 17.2. The topological polar surface area (TPSA) is 84.2 Å². The van der Waals surface area contributed by atoms with Crippen LogP contribution in [0.4, 0.5) is 17.2 Å². The molecule has 3 rings (SSSR count). The minimum Gasteiger partial charge on any atom is -0.340 e. The fourth-order valence-corrected chi connectivity index (χ4v) is 2.99. The van der Waals surface area contributed by atoms with Gasteiger partial charge in [-0.1, -0.05) is 22.0 Å². The van der Waals surface area contributed by atoms with Crippen LogP contribution in [-0.4, -0.2) is 33.9 Å². The van der Waals surface area contributed by atoms with E-state index in [-0.39, 0.29) is 5.69 Å². The average Bonchev–Trinajstić information content (AvgIpc) is 2.57. The molecule has 1 aromatic heterocycles. The maximum absolute atomic E-state index is 11.0. The number of hydrogen-bond donors (Lipinski definition) is 1. The van der Waals surface area contributed by atoms with E-state index in [0.717, 1.165) is 16.7 Å². The summed E-state index contributed by atoms with van der Waals surface area (Å²) in [5.41, 5.74) is 2.65. The number of halogens is 1. The summed E-state index contributed by atoms with van der Waals surface area (Å²) in [6, 6.07) is 10.5. The summed E-state index contributed by atoms with van der Waals surface area (Å²) >= 11 is 3.58. The fourth-order valence-electron chi connectivity index (χ4n) is 2.49. The Kier molecular flexibility index (Phi) is 4.91. The van der Waals surface area contributed by atoms with E-state index in [1.807, 2.05) is 32.3 Å². The zero-order valence-electron chi connectivity index (χ0n) is 13.7. The second-order valence-corrected chi connectivity index (χ2v) is 6.70. The molecule has 25 heavy (non-hydrogen) atoms. The first-order valence-electron chi connectivity index (χ1n) is 7.53. The molecular formula is C17H16BrN5O2. The summed E-state index contributed by atoms with van der Waals surface area (Å²) in [5.74, 6) is 0.529. The minimum atomic E-state index is -0.428. The van der Waals surface area contributed by atoms with Crippen LogP contribution in [0, 0.1) is 10.1 Å². The van der Waals surface area contributed by atoms with Crippen LogP contribution in [0.25, 0.3) is 10.9 Å². The van der Waals surface area contributed by atoms with Gasteiger partial charge >= 0.3 is 0 Å². The third-order valence-corrected chi connectivity index (χ3v) is 4.37. The highest BCUT2D eigenvalue weighted by atomic mass is 79.9. The van der Waals surface area contributed by atoms with E-state index in [4.69, 9.17) is 0 Å². The Balaban J connectivity index is 1.96. The Morgan fingerprint density at radius 1 is 1.20 bits per heavy atom. The number of hydrogen-bond acceptors (Lipinski definition) is 6. The molecule has 0 radical (unpaired) electrons. The van der Waals surface area contributed by atoms with Crippen molar-refractivity contribution in [2.24, 2.45) is 0 Å². The zero-order chi connectivity index (χ0) is 18.0. The van der Waals surface area contributed by atoms with Gasteiger partial charge in [0.15, 0.2) is 0 Å². The van der Waals surface area contributed by atoms with Crippen LogP contribution in [0.5, 0.6) is 0 Å². The summed E-state index contributed by atoms with van der Waals surface area (Å²) < 4.78 is 0.982. The monoisotopic (exact) mass is 401 g/mol. The van der Waals surface area contributed by atoms with Gasteiger partial charge in [0.25, 0.3) is 5.69 Å². The number of aromatic nitrogens is 2. The number of benzene rings is 2. The van der Waals surface area contributed by atoms with Crippen LogP contribution in [0.3, 0.4) is 0 Å². The quantitative estimate of drug-likeness (QED) is 0.511. The van der Waals surface area contributed by atoms with Gasteiger partial charge in [0, 0.05) is 34.2 Å². The van der Waals surface area contributed by atoms with Crippen molar-refractivity contribution in [2.75, 3.05) is 19.4 Å². The first-order chi connectivity index (χ1) is 11.9. The largest absolute Gasteiger partial charge is 0.340 e. The number of non-ortho nitro benzene ring substituents is 1. The number of nitrogens with one attached hydrogen (secondary N) is 1. The fraction of sp³-hybridized carbons (Fsp3) is 0.176. The van der Waals surface area contributed by atoms with Crippen molar-refractivity contribution >= 4 is 44.0 Å². The molecule has 2 aromatic carbocycles. The standard InChI is InChI=1S/C17H16BrN5O2/c1-22(2)9-11-3-4-12(7-15(11)18)21-17-14-8-13(23(24)25)5-6-16(14)19-10-20-17/h3-8,10H,9H2,1-2H3,(H,19,20,21). The molecule has 1 heterocycles. The highest BCUT2D eigenvalue weighted by molar-refractivity contribution is 9.10. The van der Waals surface area contributed by atoms with E-state index >= 15 is 0 Å². The lowest BCUT2D eigenvalue weighted by molar-refractivity contribution is -0.384. The number of nitro groups is 1. The number of anilines is 2. The van der Waals surface area contributed by atoms with E-state index < -0.39 is 4.92 Å². The lowest BCUT2D eigenvalue weighted by atomic mass is 10.2. The lowest BCUT2D eigenvalue weighted by Crippen LogP contribution is -2.11. The van der Waals surface area contributed by atoms with E-state index in [2.05, 4.69) is 36.1 Å². The molecular weight excluding hydrogens is 386 g/mol. The van der Waals surface area contributed by atoms with Crippen molar-refractivity contribution in [1.29, 1.82) is 0 Å². The van der Waals surface area contributed by atoms with E-state index in [0.29, 0.717) is 16.7 Å². The highest BCUT2D eigenvalue weighted by Crippen LogP contribution is 2.29. The minimum absolute atomic E-state index is 0.00728. The maximum Gasteiger partial charge on any atom is 0.270 e. The summed E-state index contributed by atoms with van der Waals surface area (Å²) in [6.07, 6.45) is 1.44. The van der Waals surface area contributed by atoms with Gasteiger partial charge < -0.3 is 10.2 Å². The molecule has 0 unspecified atom stereocenters. The van der Waals surface area contributed by atoms with Crippen molar-refractivity contribution in [2.45, 2.75) is 6.54 Å². The van der Waals surface area contributed by atoms with Gasteiger partial charge in [-0.3, -0.25) is 10.1 Å². The Labute approximate surface area is 153 Å². The van der Waals surface area contributed by atoms with Crippen LogP contribution in [0.15, 0.2) is 47.2 Å². The lowest BCUT2D eigenvalue weighted by Gasteiger charge is -2.13. The summed E-state index contributed by atoms with van der Waals surface area (Å²) in [7, 11) is 4.02. The number of rotatable bonds is 5. The van der Waals surface area contributed by atoms with Gasteiger partial charge in [-0.2, -0.15) is 0 Å². The van der Waals surface area contributed by atoms with Gasteiger partial charge in [-0.25, -0.2) is 9.97 Å². The molecule has 0 fully saturated rings. The predicted octanol–water partition coefficient (Wildman–Crippen LogP) is 4.11. The molecule has 0 bridgehead atoms. The van der Waals surface area contributed by atoms with E-state index in [1.54, 1.807) is 6.07 Å². The summed E-state index contributed by atoms with van der Waals surface area (Å²) in [6.45, 7) is 0.823. The van der Waals surface area contributed by atoms with Crippen molar-refractivity contribution in [3.63, 3.8) is 0 Å². The molecule has 0 spiro atoms. The van der Waals surface area contributed by atoms with Gasteiger partial charge in [0.2, 0.25) is 0 Å². The predicted molar refractivity (Wildman–Crippen MR) is 101 cm³/mol. The molecule has 0 aliphatic carbocycles. The normalized spacial score (nSPS) is 11.0. The van der Waals surface area contributed by atoms with Crippen molar-refractivity contribution < 1.29 is 4.92 Å². The third-order valence-electron chi connectivity index (χ3n) is 3.63. The van der Waals surface area contributed by atoms with Crippen LogP contribution in [-0.2, 0) is 6.54 Å². The molecule has 0 aliphatic rings. The van der Waals surface area contributed by atoms with Gasteiger partial charge in [0.1, 0.15) is 12.1 Å². The number of nitrogens with zero attached hydrogens (tertiary/aromatic N) is 4. The summed E-state index contributed by atoms with van der Waals surface area (Å²) in [4.78, 5) is 21.1. The second kappa shape index (κ2) is 7.12. The molecule has 0 atom stereocenters. The molecule has 8 heteroatoms. The molecule has 7 nitrogen and oxygen atoms in total. The Bertz CT molecular complexity index is 945. The first-order valence-corrected chi connectivity index (χ1v) is 8.32. The number of nitro benzene ring substituents is 1. The van der Waals surface area contributed by atoms with Crippen LogP contribution < -0.4 is 5.32 Å². The SMILES string of the molecule is CN(C)Cc1ccc(Nc2ncnc3ccc([N+](=O)[O-])cc23)cc1Br. The molecule has 0 amide bonds. The van der Waals surface area contributed by atoms with Gasteiger partial charge in [-0.05, 0) is 37.9 Å². The van der Waals surface area contributed by atoms with Crippen molar-refractivity contribution in [1.82, 2.24) is 14.9 Å². The molecule has 0 aliphatic heterocycles.